The van der Waals surface area contributed by atoms with Crippen molar-refractivity contribution in [1.29, 1.82) is 0 Å². The van der Waals surface area contributed by atoms with Crippen LogP contribution in [0.25, 0.3) is 0 Å². The highest BCUT2D eigenvalue weighted by Crippen LogP contribution is 2.21. The third-order valence-corrected chi connectivity index (χ3v) is 2.70. The van der Waals surface area contributed by atoms with Gasteiger partial charge in [-0.1, -0.05) is 17.7 Å². The normalized spacial score (nSPS) is 12.6. The monoisotopic (exact) mass is 223 g/mol. The van der Waals surface area contributed by atoms with Gasteiger partial charge >= 0.3 is 0 Å². The Kier molecular flexibility index (Phi) is 4.77. The van der Waals surface area contributed by atoms with E-state index in [1.165, 1.54) is 0 Å². The van der Waals surface area contributed by atoms with Crippen molar-refractivity contribution < 1.29 is 10.2 Å². The summed E-state index contributed by atoms with van der Waals surface area (Å²) in [4.78, 5) is 2.07. The van der Waals surface area contributed by atoms with Crippen LogP contribution in [0, 0.1) is 6.92 Å². The largest absolute Gasteiger partial charge is 0.393 e. The minimum atomic E-state index is -0.287. The van der Waals surface area contributed by atoms with Crippen LogP contribution in [0.2, 0.25) is 0 Å². The zero-order valence-corrected chi connectivity index (χ0v) is 10.3. The fourth-order valence-corrected chi connectivity index (χ4v) is 1.71. The Morgan fingerprint density at radius 2 is 2.06 bits per heavy atom. The van der Waals surface area contributed by atoms with E-state index < -0.39 is 0 Å². The van der Waals surface area contributed by atoms with E-state index in [9.17, 15) is 10.2 Å². The van der Waals surface area contributed by atoms with Crippen LogP contribution in [-0.2, 0) is 6.61 Å². The molecule has 1 rings (SSSR count). The van der Waals surface area contributed by atoms with Gasteiger partial charge in [0.2, 0.25) is 0 Å². The second kappa shape index (κ2) is 5.87. The van der Waals surface area contributed by atoms with Crippen LogP contribution in [0.3, 0.4) is 0 Å². The fourth-order valence-electron chi connectivity index (χ4n) is 1.71. The number of hydrogen-bond donors (Lipinski definition) is 2. The number of hydrogen-bond acceptors (Lipinski definition) is 3. The molecule has 90 valence electrons. The van der Waals surface area contributed by atoms with Crippen molar-refractivity contribution >= 4 is 5.69 Å². The van der Waals surface area contributed by atoms with Crippen LogP contribution in [0.4, 0.5) is 5.69 Å². The molecule has 0 aliphatic carbocycles. The average molecular weight is 223 g/mol. The molecule has 0 saturated carbocycles. The zero-order valence-electron chi connectivity index (χ0n) is 10.3. The average Bonchev–Trinajstić information content (AvgIpc) is 2.25. The summed E-state index contributed by atoms with van der Waals surface area (Å²) in [5, 5.41) is 18.5. The maximum absolute atomic E-state index is 9.29. The first-order valence-electron chi connectivity index (χ1n) is 5.64. The number of aliphatic hydroxyl groups excluding tert-OH is 2. The van der Waals surface area contributed by atoms with Crippen LogP contribution in [0.1, 0.15) is 24.5 Å². The zero-order chi connectivity index (χ0) is 12.1. The summed E-state index contributed by atoms with van der Waals surface area (Å²) in [6, 6.07) is 6.05. The molecule has 1 aromatic rings. The van der Waals surface area contributed by atoms with Gasteiger partial charge in [0.05, 0.1) is 12.7 Å². The van der Waals surface area contributed by atoms with E-state index in [1.807, 2.05) is 32.2 Å². The van der Waals surface area contributed by atoms with E-state index in [-0.39, 0.29) is 12.7 Å². The van der Waals surface area contributed by atoms with E-state index in [0.717, 1.165) is 29.8 Å². The third kappa shape index (κ3) is 3.51. The number of anilines is 1. The van der Waals surface area contributed by atoms with Gasteiger partial charge in [0, 0.05) is 24.8 Å². The Hall–Kier alpha value is -1.06. The first-order valence-corrected chi connectivity index (χ1v) is 5.64. The van der Waals surface area contributed by atoms with Crippen LogP contribution in [-0.4, -0.2) is 29.9 Å². The summed E-state index contributed by atoms with van der Waals surface area (Å²) < 4.78 is 0. The van der Waals surface area contributed by atoms with Gasteiger partial charge in [0.15, 0.2) is 0 Å². The molecule has 0 fully saturated rings. The van der Waals surface area contributed by atoms with E-state index in [1.54, 1.807) is 6.92 Å². The highest BCUT2D eigenvalue weighted by atomic mass is 16.3. The quantitative estimate of drug-likeness (QED) is 0.798. The second-order valence-electron chi connectivity index (χ2n) is 4.35. The Morgan fingerprint density at radius 1 is 1.38 bits per heavy atom. The summed E-state index contributed by atoms with van der Waals surface area (Å²) in [7, 11) is 1.98. The maximum Gasteiger partial charge on any atom is 0.0702 e. The Balaban J connectivity index is 2.77. The number of aryl methyl sites for hydroxylation is 1. The molecule has 1 atom stereocenters. The van der Waals surface area contributed by atoms with E-state index in [2.05, 4.69) is 4.90 Å². The van der Waals surface area contributed by atoms with Crippen LogP contribution in [0.5, 0.6) is 0 Å². The number of rotatable bonds is 5. The predicted molar refractivity (Wildman–Crippen MR) is 66.7 cm³/mol. The summed E-state index contributed by atoms with van der Waals surface area (Å²) in [6.45, 7) is 4.64. The standard InChI is InChI=1S/C13H21NO2/c1-10-4-5-13(12(8-10)9-15)14(3)7-6-11(2)16/h4-5,8,11,15-16H,6-7,9H2,1-3H3. The van der Waals surface area contributed by atoms with Crippen molar-refractivity contribution in [2.75, 3.05) is 18.5 Å². The molecule has 0 aliphatic rings. The Bertz CT molecular complexity index is 337. The second-order valence-corrected chi connectivity index (χ2v) is 4.35. The highest BCUT2D eigenvalue weighted by Gasteiger charge is 2.07. The molecule has 0 amide bonds. The van der Waals surface area contributed by atoms with E-state index in [4.69, 9.17) is 0 Å². The van der Waals surface area contributed by atoms with Gasteiger partial charge in [-0.3, -0.25) is 0 Å². The Morgan fingerprint density at radius 3 is 2.62 bits per heavy atom. The molecule has 3 heteroatoms. The summed E-state index contributed by atoms with van der Waals surface area (Å²) in [6.07, 6.45) is 0.445. The van der Waals surface area contributed by atoms with Crippen LogP contribution < -0.4 is 4.90 Å². The SMILES string of the molecule is Cc1ccc(N(C)CCC(C)O)c(CO)c1. The van der Waals surface area contributed by atoms with Gasteiger partial charge < -0.3 is 15.1 Å². The third-order valence-electron chi connectivity index (χ3n) is 2.70. The molecule has 0 aromatic heterocycles. The molecule has 0 radical (unpaired) electrons. The lowest BCUT2D eigenvalue weighted by atomic mass is 10.1. The van der Waals surface area contributed by atoms with E-state index in [0.29, 0.717) is 0 Å². The molecule has 2 N–H and O–H groups in total. The fraction of sp³-hybridized carbons (Fsp3) is 0.538. The van der Waals surface area contributed by atoms with Gasteiger partial charge in [-0.05, 0) is 26.3 Å². The molecule has 0 bridgehead atoms. The topological polar surface area (TPSA) is 43.7 Å². The smallest absolute Gasteiger partial charge is 0.0702 e. The summed E-state index contributed by atoms with van der Waals surface area (Å²) in [5.74, 6) is 0. The minimum Gasteiger partial charge on any atom is -0.393 e. The van der Waals surface area contributed by atoms with E-state index >= 15 is 0 Å². The van der Waals surface area contributed by atoms with Gasteiger partial charge in [0.1, 0.15) is 0 Å². The first kappa shape index (κ1) is 13.0. The molecule has 16 heavy (non-hydrogen) atoms. The molecular formula is C13H21NO2. The number of benzene rings is 1. The maximum atomic E-state index is 9.29. The lowest BCUT2D eigenvalue weighted by Gasteiger charge is -2.23. The van der Waals surface area contributed by atoms with Gasteiger partial charge in [-0.15, -0.1) is 0 Å². The van der Waals surface area contributed by atoms with Gasteiger partial charge in [-0.2, -0.15) is 0 Å². The van der Waals surface area contributed by atoms with Crippen LogP contribution >= 0.6 is 0 Å². The van der Waals surface area contributed by atoms with Gasteiger partial charge in [-0.25, -0.2) is 0 Å². The summed E-state index contributed by atoms with van der Waals surface area (Å²) in [5.41, 5.74) is 3.12. The van der Waals surface area contributed by atoms with Crippen molar-refractivity contribution in [2.45, 2.75) is 33.0 Å². The molecule has 0 aliphatic heterocycles. The van der Waals surface area contributed by atoms with Crippen molar-refractivity contribution in [2.24, 2.45) is 0 Å². The molecule has 1 aromatic carbocycles. The lowest BCUT2D eigenvalue weighted by molar-refractivity contribution is 0.187. The number of nitrogens with zero attached hydrogens (tertiary/aromatic N) is 1. The minimum absolute atomic E-state index is 0.0516. The van der Waals surface area contributed by atoms with Crippen molar-refractivity contribution in [3.05, 3.63) is 29.3 Å². The molecule has 1 unspecified atom stereocenters. The molecule has 0 spiro atoms. The van der Waals surface area contributed by atoms with Crippen molar-refractivity contribution in [1.82, 2.24) is 0 Å². The first-order chi connectivity index (χ1) is 7.54. The van der Waals surface area contributed by atoms with Crippen molar-refractivity contribution in [3.8, 4) is 0 Å². The van der Waals surface area contributed by atoms with Crippen molar-refractivity contribution in [3.63, 3.8) is 0 Å². The highest BCUT2D eigenvalue weighted by molar-refractivity contribution is 5.54. The van der Waals surface area contributed by atoms with Gasteiger partial charge in [0.25, 0.3) is 0 Å². The lowest BCUT2D eigenvalue weighted by Crippen LogP contribution is -2.23. The molecule has 0 saturated heterocycles. The Labute approximate surface area is 97.3 Å². The number of aliphatic hydroxyl groups is 2. The molecular weight excluding hydrogens is 202 g/mol. The van der Waals surface area contributed by atoms with Crippen LogP contribution in [0.15, 0.2) is 18.2 Å². The molecule has 3 nitrogen and oxygen atoms in total. The molecule has 0 heterocycles. The summed E-state index contributed by atoms with van der Waals surface area (Å²) >= 11 is 0. The predicted octanol–water partition coefficient (Wildman–Crippen LogP) is 1.69.